The van der Waals surface area contributed by atoms with Gasteiger partial charge < -0.3 is 20.1 Å². The summed E-state index contributed by atoms with van der Waals surface area (Å²) >= 11 is 0. The van der Waals surface area contributed by atoms with Gasteiger partial charge >= 0.3 is 12.1 Å². The minimum Gasteiger partial charge on any atom is -0.478 e. The molecule has 7 heteroatoms. The number of rotatable bonds is 3. The van der Waals surface area contributed by atoms with Crippen molar-refractivity contribution in [2.45, 2.75) is 45.3 Å². The van der Waals surface area contributed by atoms with Crippen LogP contribution in [0.4, 0.5) is 4.79 Å². The van der Waals surface area contributed by atoms with E-state index in [1.54, 1.807) is 25.7 Å². The van der Waals surface area contributed by atoms with Crippen LogP contribution in [-0.4, -0.2) is 52.7 Å². The van der Waals surface area contributed by atoms with E-state index >= 15 is 0 Å². The molecule has 0 unspecified atom stereocenters. The lowest BCUT2D eigenvalue weighted by Crippen LogP contribution is -2.47. The molecule has 2 N–H and O–H groups in total. The Morgan fingerprint density at radius 1 is 1.19 bits per heavy atom. The number of ether oxygens (including phenoxy) is 1. The van der Waals surface area contributed by atoms with Crippen molar-refractivity contribution in [1.82, 2.24) is 10.2 Å². The Labute approximate surface area is 123 Å². The summed E-state index contributed by atoms with van der Waals surface area (Å²) in [4.78, 5) is 35.2. The standard InChI is InChI=1S/C14H22N2O5/c1-14(2,3)21-13(20)15-10-6-8-16(9-7-10)11(17)4-5-12(18)19/h4-5,10H,6-9H2,1-3H3,(H,15,20)(H,18,19)/b5-4+. The summed E-state index contributed by atoms with van der Waals surface area (Å²) in [5.74, 6) is -1.47. The van der Waals surface area contributed by atoms with Gasteiger partial charge in [-0.15, -0.1) is 0 Å². The number of amides is 2. The molecule has 0 aromatic carbocycles. The van der Waals surface area contributed by atoms with E-state index in [2.05, 4.69) is 5.32 Å². The summed E-state index contributed by atoms with van der Waals surface area (Å²) < 4.78 is 5.17. The van der Waals surface area contributed by atoms with Crippen molar-refractivity contribution in [3.05, 3.63) is 12.2 Å². The summed E-state index contributed by atoms with van der Waals surface area (Å²) in [6, 6.07) is -0.0349. The normalized spacial score (nSPS) is 16.8. The lowest BCUT2D eigenvalue weighted by atomic mass is 10.1. The molecule has 1 aliphatic rings. The summed E-state index contributed by atoms with van der Waals surface area (Å²) in [5.41, 5.74) is -0.539. The second-order valence-electron chi connectivity index (χ2n) is 5.92. The first-order valence-corrected chi connectivity index (χ1v) is 6.87. The van der Waals surface area contributed by atoms with E-state index in [1.807, 2.05) is 0 Å². The highest BCUT2D eigenvalue weighted by molar-refractivity contribution is 5.93. The van der Waals surface area contributed by atoms with Crippen LogP contribution in [0.3, 0.4) is 0 Å². The fraction of sp³-hybridized carbons (Fsp3) is 0.643. The molecule has 0 aromatic heterocycles. The molecular formula is C14H22N2O5. The number of carbonyl (C=O) groups is 3. The fourth-order valence-electron chi connectivity index (χ4n) is 1.97. The molecule has 0 spiro atoms. The monoisotopic (exact) mass is 298 g/mol. The zero-order chi connectivity index (χ0) is 16.0. The zero-order valence-electron chi connectivity index (χ0n) is 12.6. The lowest BCUT2D eigenvalue weighted by molar-refractivity contribution is -0.132. The van der Waals surface area contributed by atoms with E-state index in [9.17, 15) is 14.4 Å². The zero-order valence-corrected chi connectivity index (χ0v) is 12.6. The highest BCUT2D eigenvalue weighted by Crippen LogP contribution is 2.12. The number of nitrogens with zero attached hydrogens (tertiary/aromatic N) is 1. The first kappa shape index (κ1) is 17.0. The third-order valence-electron chi connectivity index (χ3n) is 2.90. The number of likely N-dealkylation sites (tertiary alicyclic amines) is 1. The fourth-order valence-corrected chi connectivity index (χ4v) is 1.97. The topological polar surface area (TPSA) is 95.9 Å². The average molecular weight is 298 g/mol. The molecule has 0 bridgehead atoms. The van der Waals surface area contributed by atoms with Crippen LogP contribution in [0.25, 0.3) is 0 Å². The van der Waals surface area contributed by atoms with E-state index in [4.69, 9.17) is 9.84 Å². The van der Waals surface area contributed by atoms with E-state index in [1.165, 1.54) is 0 Å². The summed E-state index contributed by atoms with van der Waals surface area (Å²) in [6.45, 7) is 6.33. The molecule has 0 aromatic rings. The Bertz CT molecular complexity index is 431. The van der Waals surface area contributed by atoms with Crippen molar-refractivity contribution in [2.75, 3.05) is 13.1 Å². The second kappa shape index (κ2) is 7.10. The predicted molar refractivity (Wildman–Crippen MR) is 75.7 cm³/mol. The quantitative estimate of drug-likeness (QED) is 0.762. The molecule has 0 saturated carbocycles. The van der Waals surface area contributed by atoms with Crippen LogP contribution in [0.2, 0.25) is 0 Å². The molecule has 0 atom stereocenters. The Balaban J connectivity index is 2.37. The molecule has 21 heavy (non-hydrogen) atoms. The van der Waals surface area contributed by atoms with Gasteiger partial charge in [0.1, 0.15) is 5.60 Å². The highest BCUT2D eigenvalue weighted by atomic mass is 16.6. The van der Waals surface area contributed by atoms with Crippen LogP contribution in [0.5, 0.6) is 0 Å². The van der Waals surface area contributed by atoms with Gasteiger partial charge in [-0.05, 0) is 33.6 Å². The molecule has 1 saturated heterocycles. The van der Waals surface area contributed by atoms with Crippen LogP contribution in [0, 0.1) is 0 Å². The molecule has 1 aliphatic heterocycles. The molecule has 7 nitrogen and oxygen atoms in total. The number of hydrogen-bond acceptors (Lipinski definition) is 4. The van der Waals surface area contributed by atoms with Crippen molar-refractivity contribution >= 4 is 18.0 Å². The van der Waals surface area contributed by atoms with E-state index < -0.39 is 17.7 Å². The van der Waals surface area contributed by atoms with Crippen LogP contribution >= 0.6 is 0 Å². The lowest BCUT2D eigenvalue weighted by Gasteiger charge is -2.32. The van der Waals surface area contributed by atoms with Crippen molar-refractivity contribution in [3.63, 3.8) is 0 Å². The number of piperidine rings is 1. The number of alkyl carbamates (subject to hydrolysis) is 1. The Morgan fingerprint density at radius 2 is 1.76 bits per heavy atom. The minimum atomic E-state index is -1.15. The smallest absolute Gasteiger partial charge is 0.407 e. The maximum absolute atomic E-state index is 11.7. The Morgan fingerprint density at radius 3 is 2.24 bits per heavy atom. The van der Waals surface area contributed by atoms with Crippen LogP contribution in [0.1, 0.15) is 33.6 Å². The van der Waals surface area contributed by atoms with Crippen molar-refractivity contribution < 1.29 is 24.2 Å². The maximum atomic E-state index is 11.7. The first-order chi connectivity index (χ1) is 9.67. The van der Waals surface area contributed by atoms with Crippen LogP contribution < -0.4 is 5.32 Å². The summed E-state index contributed by atoms with van der Waals surface area (Å²) in [7, 11) is 0. The Kier molecular flexibility index (Phi) is 5.75. The molecular weight excluding hydrogens is 276 g/mol. The van der Waals surface area contributed by atoms with Crippen LogP contribution in [0.15, 0.2) is 12.2 Å². The van der Waals surface area contributed by atoms with Gasteiger partial charge in [-0.1, -0.05) is 0 Å². The average Bonchev–Trinajstić information content (AvgIpc) is 2.34. The summed E-state index contributed by atoms with van der Waals surface area (Å²) in [5, 5.41) is 11.2. The largest absolute Gasteiger partial charge is 0.478 e. The van der Waals surface area contributed by atoms with Gasteiger partial charge in [0, 0.05) is 31.3 Å². The van der Waals surface area contributed by atoms with Crippen molar-refractivity contribution in [1.29, 1.82) is 0 Å². The molecule has 1 rings (SSSR count). The molecule has 0 aliphatic carbocycles. The molecule has 118 valence electrons. The molecule has 2 amide bonds. The van der Waals surface area contributed by atoms with Gasteiger partial charge in [0.05, 0.1) is 0 Å². The number of carboxylic acids is 1. The first-order valence-electron chi connectivity index (χ1n) is 6.87. The van der Waals surface area contributed by atoms with Gasteiger partial charge in [-0.2, -0.15) is 0 Å². The third-order valence-corrected chi connectivity index (χ3v) is 2.90. The Hall–Kier alpha value is -2.05. The second-order valence-corrected chi connectivity index (χ2v) is 5.92. The van der Waals surface area contributed by atoms with Crippen molar-refractivity contribution in [2.24, 2.45) is 0 Å². The van der Waals surface area contributed by atoms with E-state index in [-0.39, 0.29) is 11.9 Å². The van der Waals surface area contributed by atoms with Crippen LogP contribution in [-0.2, 0) is 14.3 Å². The number of hydrogen-bond donors (Lipinski definition) is 2. The van der Waals surface area contributed by atoms with Gasteiger partial charge in [-0.25, -0.2) is 9.59 Å². The van der Waals surface area contributed by atoms with E-state index in [0.717, 1.165) is 12.2 Å². The number of aliphatic carboxylic acids is 1. The van der Waals surface area contributed by atoms with Gasteiger partial charge in [-0.3, -0.25) is 4.79 Å². The molecule has 0 radical (unpaired) electrons. The summed E-state index contributed by atoms with van der Waals surface area (Å²) in [6.07, 6.45) is 2.65. The number of carboxylic acid groups (broad SMARTS) is 1. The van der Waals surface area contributed by atoms with Gasteiger partial charge in [0.15, 0.2) is 0 Å². The third kappa shape index (κ3) is 6.78. The minimum absolute atomic E-state index is 0.0349. The maximum Gasteiger partial charge on any atom is 0.407 e. The highest BCUT2D eigenvalue weighted by Gasteiger charge is 2.24. The van der Waals surface area contributed by atoms with Crippen molar-refractivity contribution in [3.8, 4) is 0 Å². The van der Waals surface area contributed by atoms with Gasteiger partial charge in [0.2, 0.25) is 5.91 Å². The predicted octanol–water partition coefficient (Wildman–Crippen LogP) is 1.14. The molecule has 1 heterocycles. The van der Waals surface area contributed by atoms with E-state index in [0.29, 0.717) is 25.9 Å². The van der Waals surface area contributed by atoms with Gasteiger partial charge in [0.25, 0.3) is 0 Å². The number of carbonyl (C=O) groups excluding carboxylic acids is 2. The number of nitrogens with one attached hydrogen (secondary N) is 1. The SMILES string of the molecule is CC(C)(C)OC(=O)NC1CCN(C(=O)/C=C/C(=O)O)CC1. The molecule has 1 fully saturated rings.